The second kappa shape index (κ2) is 8.20. The largest absolute Gasteiger partial charge is 0.497 e. The van der Waals surface area contributed by atoms with Crippen LogP contribution >= 0.6 is 0 Å². The van der Waals surface area contributed by atoms with Crippen molar-refractivity contribution in [1.82, 2.24) is 10.3 Å². The summed E-state index contributed by atoms with van der Waals surface area (Å²) in [5, 5.41) is 0. The molecule has 8 heteroatoms. The van der Waals surface area contributed by atoms with Crippen LogP contribution in [0.1, 0.15) is 35.7 Å². The van der Waals surface area contributed by atoms with E-state index in [0.29, 0.717) is 17.4 Å². The maximum absolute atomic E-state index is 12.3. The Morgan fingerprint density at radius 3 is 1.96 bits per heavy atom. The van der Waals surface area contributed by atoms with Crippen molar-refractivity contribution in [2.45, 2.75) is 24.7 Å². The van der Waals surface area contributed by atoms with Gasteiger partial charge in [-0.15, -0.1) is 4.83 Å². The molecule has 0 heterocycles. The topological polar surface area (TPSA) is 93.7 Å². The molecule has 0 saturated heterocycles. The summed E-state index contributed by atoms with van der Waals surface area (Å²) in [6.07, 6.45) is 0. The summed E-state index contributed by atoms with van der Waals surface area (Å²) in [6, 6.07) is 11.0. The van der Waals surface area contributed by atoms with Crippen LogP contribution in [0.25, 0.3) is 0 Å². The summed E-state index contributed by atoms with van der Waals surface area (Å²) in [6.45, 7) is 4.04. The highest BCUT2D eigenvalue weighted by atomic mass is 32.2. The fourth-order valence-corrected chi connectivity index (χ4v) is 3.05. The van der Waals surface area contributed by atoms with Crippen LogP contribution in [0, 0.1) is 0 Å². The third-order valence-corrected chi connectivity index (χ3v) is 5.03. The highest BCUT2D eigenvalue weighted by molar-refractivity contribution is 7.89. The van der Waals surface area contributed by atoms with Gasteiger partial charge in [0.05, 0.1) is 19.1 Å². The van der Waals surface area contributed by atoms with Crippen molar-refractivity contribution in [3.8, 4) is 11.5 Å². The van der Waals surface area contributed by atoms with Gasteiger partial charge in [-0.25, -0.2) is 8.42 Å². The normalized spacial score (nSPS) is 11.3. The van der Waals surface area contributed by atoms with E-state index in [-0.39, 0.29) is 10.5 Å². The number of hydrazine groups is 1. The van der Waals surface area contributed by atoms with Crippen molar-refractivity contribution < 1.29 is 22.7 Å². The standard InChI is InChI=1S/C18H22N2O5S/c1-12(2)13-5-7-17(8-6-13)26(22,23)20-19-18(21)14-9-15(24-3)11-16(10-14)25-4/h5-12,20H,1-4H3,(H,19,21). The van der Waals surface area contributed by atoms with Crippen molar-refractivity contribution in [1.29, 1.82) is 0 Å². The molecule has 0 aliphatic rings. The number of nitrogens with one attached hydrogen (secondary N) is 2. The average molecular weight is 378 g/mol. The van der Waals surface area contributed by atoms with Crippen molar-refractivity contribution in [2.24, 2.45) is 0 Å². The molecular weight excluding hydrogens is 356 g/mol. The lowest BCUT2D eigenvalue weighted by molar-refractivity contribution is 0.0944. The lowest BCUT2D eigenvalue weighted by Gasteiger charge is -2.11. The van der Waals surface area contributed by atoms with Crippen LogP contribution < -0.4 is 19.7 Å². The molecule has 0 aliphatic carbocycles. The van der Waals surface area contributed by atoms with Crippen LogP contribution in [0.4, 0.5) is 0 Å². The zero-order valence-corrected chi connectivity index (χ0v) is 15.9. The Hall–Kier alpha value is -2.58. The van der Waals surface area contributed by atoms with Crippen LogP contribution in [-0.2, 0) is 10.0 Å². The highest BCUT2D eigenvalue weighted by Gasteiger charge is 2.17. The number of methoxy groups -OCH3 is 2. The summed E-state index contributed by atoms with van der Waals surface area (Å²) >= 11 is 0. The zero-order chi connectivity index (χ0) is 19.3. The minimum atomic E-state index is -3.88. The first-order valence-corrected chi connectivity index (χ1v) is 9.40. The molecular formula is C18H22N2O5S. The first kappa shape index (κ1) is 19.7. The third kappa shape index (κ3) is 4.74. The molecule has 2 aromatic carbocycles. The lowest BCUT2D eigenvalue weighted by Crippen LogP contribution is -2.41. The van der Waals surface area contributed by atoms with Crippen molar-refractivity contribution in [3.05, 3.63) is 53.6 Å². The zero-order valence-electron chi connectivity index (χ0n) is 15.1. The molecule has 2 aromatic rings. The summed E-state index contributed by atoms with van der Waals surface area (Å²) in [7, 11) is -0.965. The molecule has 0 unspecified atom stereocenters. The number of sulfonamides is 1. The van der Waals surface area contributed by atoms with E-state index in [2.05, 4.69) is 10.3 Å². The molecule has 0 spiro atoms. The summed E-state index contributed by atoms with van der Waals surface area (Å²) in [4.78, 5) is 14.4. The molecule has 2 rings (SSSR count). The fraction of sp³-hybridized carbons (Fsp3) is 0.278. The third-order valence-electron chi connectivity index (χ3n) is 3.77. The smallest absolute Gasteiger partial charge is 0.266 e. The molecule has 7 nitrogen and oxygen atoms in total. The molecule has 0 atom stereocenters. The maximum atomic E-state index is 12.3. The molecule has 0 radical (unpaired) electrons. The Bertz CT molecular complexity index is 855. The van der Waals surface area contributed by atoms with Gasteiger partial charge in [0, 0.05) is 11.6 Å². The van der Waals surface area contributed by atoms with Gasteiger partial charge in [-0.1, -0.05) is 26.0 Å². The number of hydrogen-bond donors (Lipinski definition) is 2. The lowest BCUT2D eigenvalue weighted by atomic mass is 10.0. The Morgan fingerprint density at radius 1 is 0.962 bits per heavy atom. The number of amides is 1. The monoisotopic (exact) mass is 378 g/mol. The van der Waals surface area contributed by atoms with Gasteiger partial charge in [0.25, 0.3) is 15.9 Å². The Balaban J connectivity index is 2.12. The summed E-state index contributed by atoms with van der Waals surface area (Å²) in [5.41, 5.74) is 3.41. The summed E-state index contributed by atoms with van der Waals surface area (Å²) in [5.74, 6) is 0.496. The van der Waals surface area contributed by atoms with E-state index in [4.69, 9.17) is 9.47 Å². The van der Waals surface area contributed by atoms with Gasteiger partial charge in [0.15, 0.2) is 0 Å². The minimum Gasteiger partial charge on any atom is -0.497 e. The first-order valence-electron chi connectivity index (χ1n) is 7.92. The van der Waals surface area contributed by atoms with Crippen molar-refractivity contribution in [2.75, 3.05) is 14.2 Å². The van der Waals surface area contributed by atoms with Gasteiger partial charge in [0.1, 0.15) is 11.5 Å². The molecule has 1 amide bonds. The number of carbonyl (C=O) groups excluding carboxylic acids is 1. The minimum absolute atomic E-state index is 0.0606. The van der Waals surface area contributed by atoms with Crippen LogP contribution in [0.15, 0.2) is 47.4 Å². The molecule has 0 bridgehead atoms. The summed E-state index contributed by atoms with van der Waals surface area (Å²) < 4.78 is 34.8. The second-order valence-corrected chi connectivity index (χ2v) is 7.57. The molecule has 0 saturated carbocycles. The molecule has 0 fully saturated rings. The highest BCUT2D eigenvalue weighted by Crippen LogP contribution is 2.22. The van der Waals surface area contributed by atoms with Gasteiger partial charge < -0.3 is 9.47 Å². The van der Waals surface area contributed by atoms with E-state index in [9.17, 15) is 13.2 Å². The number of rotatable bonds is 7. The second-order valence-electron chi connectivity index (χ2n) is 5.88. The van der Waals surface area contributed by atoms with Crippen LogP contribution in [-0.4, -0.2) is 28.5 Å². The fourth-order valence-electron chi connectivity index (χ4n) is 2.22. The molecule has 140 valence electrons. The van der Waals surface area contributed by atoms with Gasteiger partial charge in [-0.05, 0) is 35.7 Å². The van der Waals surface area contributed by atoms with Crippen LogP contribution in [0.5, 0.6) is 11.5 Å². The molecule has 0 aromatic heterocycles. The van der Waals surface area contributed by atoms with Crippen molar-refractivity contribution >= 4 is 15.9 Å². The van der Waals surface area contributed by atoms with Gasteiger partial charge >= 0.3 is 0 Å². The SMILES string of the molecule is COc1cc(OC)cc(C(=O)NNS(=O)(=O)c2ccc(C(C)C)cc2)c1. The molecule has 2 N–H and O–H groups in total. The van der Waals surface area contributed by atoms with Gasteiger partial charge in [0.2, 0.25) is 0 Å². The predicted molar refractivity (Wildman–Crippen MR) is 97.9 cm³/mol. The quantitative estimate of drug-likeness (QED) is 0.722. The Morgan fingerprint density at radius 2 is 1.50 bits per heavy atom. The van der Waals surface area contributed by atoms with Crippen LogP contribution in [0.3, 0.4) is 0 Å². The number of benzene rings is 2. The Kier molecular flexibility index (Phi) is 6.23. The van der Waals surface area contributed by atoms with E-state index in [0.717, 1.165) is 5.56 Å². The van der Waals surface area contributed by atoms with Gasteiger partial charge in [-0.2, -0.15) is 0 Å². The average Bonchev–Trinajstić information content (AvgIpc) is 2.65. The van der Waals surface area contributed by atoms with Gasteiger partial charge in [-0.3, -0.25) is 10.2 Å². The number of ether oxygens (including phenoxy) is 2. The van der Waals surface area contributed by atoms with Crippen molar-refractivity contribution in [3.63, 3.8) is 0 Å². The number of hydrogen-bond acceptors (Lipinski definition) is 5. The number of carbonyl (C=O) groups is 1. The molecule has 0 aliphatic heterocycles. The Labute approximate surface area is 153 Å². The van der Waals surface area contributed by atoms with E-state index in [1.54, 1.807) is 18.2 Å². The van der Waals surface area contributed by atoms with E-state index < -0.39 is 15.9 Å². The van der Waals surface area contributed by atoms with E-state index >= 15 is 0 Å². The van der Waals surface area contributed by atoms with E-state index in [1.807, 2.05) is 13.8 Å². The van der Waals surface area contributed by atoms with E-state index in [1.165, 1.54) is 38.5 Å². The predicted octanol–water partition coefficient (Wildman–Crippen LogP) is 2.45. The van der Waals surface area contributed by atoms with Crippen LogP contribution in [0.2, 0.25) is 0 Å². The first-order chi connectivity index (χ1) is 12.3. The maximum Gasteiger partial charge on any atom is 0.266 e. The molecule has 26 heavy (non-hydrogen) atoms.